The molecule has 0 saturated heterocycles. The van der Waals surface area contributed by atoms with E-state index < -0.39 is 0 Å². The fourth-order valence-corrected chi connectivity index (χ4v) is 2.09. The Bertz CT molecular complexity index is 768. The molecule has 0 fully saturated rings. The van der Waals surface area contributed by atoms with Crippen LogP contribution in [0.1, 0.15) is 16.2 Å². The lowest BCUT2D eigenvalue weighted by Gasteiger charge is -2.08. The first-order chi connectivity index (χ1) is 10.3. The van der Waals surface area contributed by atoms with E-state index in [0.29, 0.717) is 18.1 Å². The molecule has 0 bridgehead atoms. The van der Waals surface area contributed by atoms with Gasteiger partial charge in [-0.1, -0.05) is 18.2 Å². The standard InChI is InChI=1S/C15H14N4O2/c1-21-15-12-5-3-2-4-10(12)8-13(18-15)14(20)16-9-11-6-7-17-19-11/h2-8H,9H2,1H3,(H,16,20)(H,17,19). The van der Waals surface area contributed by atoms with Crippen molar-refractivity contribution in [1.82, 2.24) is 20.5 Å². The largest absolute Gasteiger partial charge is 0.481 e. The Morgan fingerprint density at radius 3 is 2.95 bits per heavy atom. The normalized spacial score (nSPS) is 10.5. The van der Waals surface area contributed by atoms with E-state index in [2.05, 4.69) is 20.5 Å². The maximum Gasteiger partial charge on any atom is 0.270 e. The van der Waals surface area contributed by atoms with Crippen LogP contribution in [0.2, 0.25) is 0 Å². The summed E-state index contributed by atoms with van der Waals surface area (Å²) < 4.78 is 5.26. The number of amides is 1. The third kappa shape index (κ3) is 2.69. The van der Waals surface area contributed by atoms with Crippen molar-refractivity contribution in [3.05, 3.63) is 54.0 Å². The van der Waals surface area contributed by atoms with Crippen molar-refractivity contribution in [2.75, 3.05) is 7.11 Å². The van der Waals surface area contributed by atoms with Crippen LogP contribution in [0.25, 0.3) is 10.8 Å². The number of carbonyl (C=O) groups excluding carboxylic acids is 1. The average molecular weight is 282 g/mol. The van der Waals surface area contributed by atoms with E-state index in [1.165, 1.54) is 0 Å². The van der Waals surface area contributed by atoms with Crippen LogP contribution in [-0.2, 0) is 6.54 Å². The molecule has 0 aliphatic rings. The quantitative estimate of drug-likeness (QED) is 0.766. The number of ether oxygens (including phenoxy) is 1. The summed E-state index contributed by atoms with van der Waals surface area (Å²) in [6, 6.07) is 11.2. The highest BCUT2D eigenvalue weighted by atomic mass is 16.5. The summed E-state index contributed by atoms with van der Waals surface area (Å²) >= 11 is 0. The molecule has 6 heteroatoms. The number of hydrogen-bond acceptors (Lipinski definition) is 4. The molecule has 21 heavy (non-hydrogen) atoms. The average Bonchev–Trinajstić information content (AvgIpc) is 3.04. The highest BCUT2D eigenvalue weighted by Gasteiger charge is 2.12. The van der Waals surface area contributed by atoms with Crippen LogP contribution in [0.5, 0.6) is 5.88 Å². The first-order valence-corrected chi connectivity index (χ1v) is 6.48. The van der Waals surface area contributed by atoms with Gasteiger partial charge in [-0.05, 0) is 23.6 Å². The highest BCUT2D eigenvalue weighted by molar-refractivity contribution is 5.98. The van der Waals surface area contributed by atoms with Gasteiger partial charge in [0.1, 0.15) is 5.69 Å². The number of nitrogens with one attached hydrogen (secondary N) is 2. The molecular weight excluding hydrogens is 268 g/mol. The summed E-state index contributed by atoms with van der Waals surface area (Å²) in [6.45, 7) is 0.371. The summed E-state index contributed by atoms with van der Waals surface area (Å²) in [4.78, 5) is 16.4. The van der Waals surface area contributed by atoms with Gasteiger partial charge in [-0.15, -0.1) is 0 Å². The second kappa shape index (κ2) is 5.62. The van der Waals surface area contributed by atoms with Gasteiger partial charge in [-0.2, -0.15) is 5.10 Å². The predicted octanol–water partition coefficient (Wildman–Crippen LogP) is 1.90. The van der Waals surface area contributed by atoms with E-state index in [1.807, 2.05) is 24.3 Å². The van der Waals surface area contributed by atoms with Crippen LogP contribution in [0.3, 0.4) is 0 Å². The number of pyridine rings is 1. The summed E-state index contributed by atoms with van der Waals surface area (Å²) in [5.41, 5.74) is 1.15. The van der Waals surface area contributed by atoms with E-state index in [4.69, 9.17) is 4.74 Å². The van der Waals surface area contributed by atoms with Gasteiger partial charge >= 0.3 is 0 Å². The lowest BCUT2D eigenvalue weighted by molar-refractivity contribution is 0.0945. The van der Waals surface area contributed by atoms with Crippen LogP contribution in [0.15, 0.2) is 42.6 Å². The molecule has 2 N–H and O–H groups in total. The first-order valence-electron chi connectivity index (χ1n) is 6.48. The SMILES string of the molecule is COc1nc(C(=O)NCc2ccn[nH]2)cc2ccccc12. The van der Waals surface area contributed by atoms with Crippen LogP contribution < -0.4 is 10.1 Å². The minimum atomic E-state index is -0.256. The van der Waals surface area contributed by atoms with Crippen molar-refractivity contribution >= 4 is 16.7 Å². The second-order valence-corrected chi connectivity index (χ2v) is 4.50. The topological polar surface area (TPSA) is 79.9 Å². The van der Waals surface area contributed by atoms with Crippen molar-refractivity contribution in [2.45, 2.75) is 6.54 Å². The van der Waals surface area contributed by atoms with Crippen molar-refractivity contribution in [1.29, 1.82) is 0 Å². The van der Waals surface area contributed by atoms with Gasteiger partial charge in [0.05, 0.1) is 19.3 Å². The Labute approximate surface area is 121 Å². The van der Waals surface area contributed by atoms with E-state index >= 15 is 0 Å². The Morgan fingerprint density at radius 1 is 1.33 bits per heavy atom. The molecule has 0 radical (unpaired) electrons. The molecule has 0 saturated carbocycles. The number of methoxy groups -OCH3 is 1. The molecule has 106 valence electrons. The number of hydrogen-bond donors (Lipinski definition) is 2. The Balaban J connectivity index is 1.87. The highest BCUT2D eigenvalue weighted by Crippen LogP contribution is 2.24. The molecular formula is C15H14N4O2. The molecule has 0 unspecified atom stereocenters. The third-order valence-electron chi connectivity index (χ3n) is 3.13. The number of nitrogens with zero attached hydrogens (tertiary/aromatic N) is 2. The minimum absolute atomic E-state index is 0.256. The van der Waals surface area contributed by atoms with Crippen LogP contribution in [-0.4, -0.2) is 28.2 Å². The van der Waals surface area contributed by atoms with Crippen LogP contribution in [0, 0.1) is 0 Å². The monoisotopic (exact) mass is 282 g/mol. The van der Waals surface area contributed by atoms with E-state index in [1.54, 1.807) is 25.4 Å². The molecule has 1 aromatic carbocycles. The minimum Gasteiger partial charge on any atom is -0.481 e. The zero-order chi connectivity index (χ0) is 14.7. The molecule has 6 nitrogen and oxygen atoms in total. The van der Waals surface area contributed by atoms with Crippen molar-refractivity contribution in [2.24, 2.45) is 0 Å². The van der Waals surface area contributed by atoms with Gasteiger partial charge in [0.2, 0.25) is 5.88 Å². The number of carbonyl (C=O) groups is 1. The van der Waals surface area contributed by atoms with Gasteiger partial charge in [0.25, 0.3) is 5.91 Å². The Kier molecular flexibility index (Phi) is 3.51. The molecule has 0 aliphatic carbocycles. The molecule has 0 atom stereocenters. The van der Waals surface area contributed by atoms with Gasteiger partial charge in [-0.25, -0.2) is 4.98 Å². The zero-order valence-corrected chi connectivity index (χ0v) is 11.5. The maximum atomic E-state index is 12.2. The smallest absolute Gasteiger partial charge is 0.270 e. The number of aromatic amines is 1. The van der Waals surface area contributed by atoms with Gasteiger partial charge < -0.3 is 10.1 Å². The maximum absolute atomic E-state index is 12.2. The van der Waals surface area contributed by atoms with E-state index in [0.717, 1.165) is 16.5 Å². The molecule has 0 spiro atoms. The molecule has 3 aromatic rings. The summed E-state index contributed by atoms with van der Waals surface area (Å²) in [5.74, 6) is 0.188. The summed E-state index contributed by atoms with van der Waals surface area (Å²) in [5, 5.41) is 11.2. The number of H-pyrrole nitrogens is 1. The predicted molar refractivity (Wildman–Crippen MR) is 78.1 cm³/mol. The van der Waals surface area contributed by atoms with Crippen molar-refractivity contribution in [3.63, 3.8) is 0 Å². The number of aromatic nitrogens is 3. The van der Waals surface area contributed by atoms with Crippen LogP contribution in [0.4, 0.5) is 0 Å². The summed E-state index contributed by atoms with van der Waals surface area (Å²) in [6.07, 6.45) is 1.64. The second-order valence-electron chi connectivity index (χ2n) is 4.50. The number of benzene rings is 1. The van der Waals surface area contributed by atoms with Crippen LogP contribution >= 0.6 is 0 Å². The van der Waals surface area contributed by atoms with Crippen molar-refractivity contribution < 1.29 is 9.53 Å². The molecule has 0 aliphatic heterocycles. The molecule has 2 aromatic heterocycles. The van der Waals surface area contributed by atoms with Crippen molar-refractivity contribution in [3.8, 4) is 5.88 Å². The molecule has 3 rings (SSSR count). The number of fused-ring (bicyclic) bond motifs is 1. The molecule has 1 amide bonds. The zero-order valence-electron chi connectivity index (χ0n) is 11.5. The van der Waals surface area contributed by atoms with E-state index in [9.17, 15) is 4.79 Å². The number of rotatable bonds is 4. The fourth-order valence-electron chi connectivity index (χ4n) is 2.09. The molecule has 2 heterocycles. The lowest BCUT2D eigenvalue weighted by Crippen LogP contribution is -2.24. The van der Waals surface area contributed by atoms with Gasteiger partial charge in [0.15, 0.2) is 0 Å². The lowest BCUT2D eigenvalue weighted by atomic mass is 10.1. The van der Waals surface area contributed by atoms with E-state index in [-0.39, 0.29) is 5.91 Å². The summed E-state index contributed by atoms with van der Waals surface area (Å²) in [7, 11) is 1.54. The van der Waals surface area contributed by atoms with Gasteiger partial charge in [0, 0.05) is 11.6 Å². The Hall–Kier alpha value is -2.89. The Morgan fingerprint density at radius 2 is 2.19 bits per heavy atom. The fraction of sp³-hybridized carbons (Fsp3) is 0.133. The van der Waals surface area contributed by atoms with Gasteiger partial charge in [-0.3, -0.25) is 9.89 Å². The first kappa shape index (κ1) is 13.1. The third-order valence-corrected chi connectivity index (χ3v) is 3.13.